The van der Waals surface area contributed by atoms with Gasteiger partial charge in [-0.1, -0.05) is 91.0 Å². The first-order valence-corrected chi connectivity index (χ1v) is 21.1. The molecule has 5 aromatic carbocycles. The van der Waals surface area contributed by atoms with Crippen LogP contribution in [0.15, 0.2) is 127 Å². The molecule has 0 spiro atoms. The van der Waals surface area contributed by atoms with E-state index in [0.29, 0.717) is 50.8 Å². The van der Waals surface area contributed by atoms with Crippen molar-refractivity contribution < 1.29 is 28.6 Å². The van der Waals surface area contributed by atoms with Crippen molar-refractivity contribution in [2.75, 3.05) is 45.9 Å². The third-order valence-corrected chi connectivity index (χ3v) is 12.0. The standard InChI is InChI=1S/C50H53N3O6/c54-47-26-25-46(50(56)51-47)38-13-18-42(19-14-38)59-35-48(55)53-30-28-52(29-31-53)27-7-8-32-57-41-20-15-39(16-21-41)49-44(37-11-5-2-6-12-37)23-17-40-33-43(22-24-45(40)49)58-34-36-9-3-1-4-10-36/h1-6,9-16,18-22,24,33,44,46,49H,7-8,17,23,25-32,34-35H2,(H,51,54,56)/t44-,46?,49+/m1/s1. The van der Waals surface area contributed by atoms with Gasteiger partial charge in [-0.15, -0.1) is 0 Å². The summed E-state index contributed by atoms with van der Waals surface area (Å²) >= 11 is 0. The fourth-order valence-electron chi connectivity index (χ4n) is 8.76. The maximum Gasteiger partial charge on any atom is 0.260 e. The number of carbonyl (C=O) groups excluding carboxylic acids is 3. The van der Waals surface area contributed by atoms with E-state index in [1.165, 1.54) is 22.3 Å². The largest absolute Gasteiger partial charge is 0.494 e. The number of amides is 3. The monoisotopic (exact) mass is 791 g/mol. The van der Waals surface area contributed by atoms with Crippen LogP contribution in [-0.2, 0) is 27.4 Å². The predicted molar refractivity (Wildman–Crippen MR) is 228 cm³/mol. The highest BCUT2D eigenvalue weighted by molar-refractivity contribution is 6.00. The molecule has 9 nitrogen and oxygen atoms in total. The molecule has 3 amide bonds. The molecule has 3 atom stereocenters. The molecule has 1 unspecified atom stereocenters. The molecule has 0 saturated carbocycles. The van der Waals surface area contributed by atoms with E-state index >= 15 is 0 Å². The first kappa shape index (κ1) is 39.9. The van der Waals surface area contributed by atoms with Gasteiger partial charge in [-0.05, 0) is 114 Å². The van der Waals surface area contributed by atoms with Crippen molar-refractivity contribution in [2.24, 2.45) is 0 Å². The van der Waals surface area contributed by atoms with Crippen LogP contribution in [-0.4, -0.2) is 73.5 Å². The number of piperidine rings is 1. The van der Waals surface area contributed by atoms with Crippen LogP contribution in [0.3, 0.4) is 0 Å². The summed E-state index contributed by atoms with van der Waals surface area (Å²) in [5.41, 5.74) is 7.42. The van der Waals surface area contributed by atoms with Gasteiger partial charge < -0.3 is 19.1 Å². The lowest BCUT2D eigenvalue weighted by atomic mass is 9.69. The Labute approximate surface area is 347 Å². The van der Waals surface area contributed by atoms with E-state index in [1.54, 1.807) is 12.1 Å². The molecule has 1 N–H and O–H groups in total. The molecule has 0 aromatic heterocycles. The minimum Gasteiger partial charge on any atom is -0.494 e. The number of aryl methyl sites for hydroxylation is 1. The maximum atomic E-state index is 12.9. The van der Waals surface area contributed by atoms with Gasteiger partial charge in [0.1, 0.15) is 23.9 Å². The third-order valence-electron chi connectivity index (χ3n) is 12.0. The number of nitrogens with one attached hydrogen (secondary N) is 1. The average Bonchev–Trinajstić information content (AvgIpc) is 3.28. The van der Waals surface area contributed by atoms with E-state index in [9.17, 15) is 14.4 Å². The predicted octanol–water partition coefficient (Wildman–Crippen LogP) is 8.03. The zero-order valence-corrected chi connectivity index (χ0v) is 33.6. The molecular weight excluding hydrogens is 739 g/mol. The van der Waals surface area contributed by atoms with Crippen LogP contribution in [0.1, 0.15) is 83.2 Å². The van der Waals surface area contributed by atoms with Crippen molar-refractivity contribution in [3.8, 4) is 17.2 Å². The van der Waals surface area contributed by atoms with Crippen LogP contribution in [0.5, 0.6) is 17.2 Å². The number of rotatable bonds is 15. The van der Waals surface area contributed by atoms with Gasteiger partial charge in [0.05, 0.1) is 12.5 Å². The Balaban J connectivity index is 0.771. The number of hydrogen-bond donors (Lipinski definition) is 1. The number of piperazine rings is 1. The van der Waals surface area contributed by atoms with Crippen molar-refractivity contribution in [3.05, 3.63) is 161 Å². The lowest BCUT2D eigenvalue weighted by Crippen LogP contribution is -2.50. The fourth-order valence-corrected chi connectivity index (χ4v) is 8.76. The van der Waals surface area contributed by atoms with Crippen LogP contribution in [0.4, 0.5) is 0 Å². The second kappa shape index (κ2) is 19.2. The van der Waals surface area contributed by atoms with Gasteiger partial charge >= 0.3 is 0 Å². The summed E-state index contributed by atoms with van der Waals surface area (Å²) in [5, 5.41) is 2.40. The van der Waals surface area contributed by atoms with Crippen LogP contribution in [0.25, 0.3) is 0 Å². The highest BCUT2D eigenvalue weighted by Gasteiger charge is 2.32. The molecule has 0 bridgehead atoms. The summed E-state index contributed by atoms with van der Waals surface area (Å²) in [6, 6.07) is 43.9. The zero-order chi connectivity index (χ0) is 40.4. The number of unbranched alkanes of at least 4 members (excludes halogenated alkanes) is 1. The molecule has 1 aliphatic carbocycles. The van der Waals surface area contributed by atoms with Gasteiger partial charge in [-0.25, -0.2) is 0 Å². The highest BCUT2D eigenvalue weighted by atomic mass is 16.5. The van der Waals surface area contributed by atoms with Gasteiger partial charge in [-0.2, -0.15) is 0 Å². The normalized spacial score (nSPS) is 19.4. The second-order valence-corrected chi connectivity index (χ2v) is 15.9. The van der Waals surface area contributed by atoms with Crippen LogP contribution in [0, 0.1) is 0 Å². The molecule has 2 fully saturated rings. The van der Waals surface area contributed by atoms with Crippen LogP contribution < -0.4 is 19.5 Å². The third kappa shape index (κ3) is 10.2. The average molecular weight is 792 g/mol. The van der Waals surface area contributed by atoms with E-state index in [4.69, 9.17) is 14.2 Å². The Morgan fingerprint density at radius 3 is 2.05 bits per heavy atom. The van der Waals surface area contributed by atoms with E-state index in [2.05, 4.69) is 95.1 Å². The maximum absolute atomic E-state index is 12.9. The van der Waals surface area contributed by atoms with Crippen molar-refractivity contribution in [1.29, 1.82) is 0 Å². The van der Waals surface area contributed by atoms with Crippen molar-refractivity contribution in [1.82, 2.24) is 15.1 Å². The van der Waals surface area contributed by atoms with Gasteiger partial charge in [0, 0.05) is 38.5 Å². The molecule has 2 aliphatic heterocycles. The summed E-state index contributed by atoms with van der Waals surface area (Å²) in [4.78, 5) is 40.8. The summed E-state index contributed by atoms with van der Waals surface area (Å²) in [5.74, 6) is 2.16. The molecule has 5 aromatic rings. The molecule has 304 valence electrons. The zero-order valence-electron chi connectivity index (χ0n) is 33.6. The molecule has 2 saturated heterocycles. The topological polar surface area (TPSA) is 97.4 Å². The second-order valence-electron chi connectivity index (χ2n) is 15.9. The Morgan fingerprint density at radius 1 is 0.644 bits per heavy atom. The molecule has 9 heteroatoms. The Morgan fingerprint density at radius 2 is 1.32 bits per heavy atom. The lowest BCUT2D eigenvalue weighted by Gasteiger charge is -2.35. The van der Waals surface area contributed by atoms with Gasteiger partial charge in [-0.3, -0.25) is 24.6 Å². The van der Waals surface area contributed by atoms with Gasteiger partial charge in [0.15, 0.2) is 6.61 Å². The van der Waals surface area contributed by atoms with E-state index in [0.717, 1.165) is 67.9 Å². The number of fused-ring (bicyclic) bond motifs is 1. The summed E-state index contributed by atoms with van der Waals surface area (Å²) in [7, 11) is 0. The Kier molecular flexibility index (Phi) is 13.0. The molecule has 59 heavy (non-hydrogen) atoms. The van der Waals surface area contributed by atoms with Crippen LogP contribution >= 0.6 is 0 Å². The van der Waals surface area contributed by atoms with Crippen LogP contribution in [0.2, 0.25) is 0 Å². The number of nitrogens with zero attached hydrogens (tertiary/aromatic N) is 2. The minimum atomic E-state index is -0.341. The fraction of sp³-hybridized carbons (Fsp3) is 0.340. The Bertz CT molecular complexity index is 2170. The first-order valence-electron chi connectivity index (χ1n) is 21.1. The summed E-state index contributed by atoms with van der Waals surface area (Å²) in [6.07, 6.45) is 4.92. The van der Waals surface area contributed by atoms with E-state index in [-0.39, 0.29) is 36.2 Å². The van der Waals surface area contributed by atoms with Crippen molar-refractivity contribution in [3.63, 3.8) is 0 Å². The summed E-state index contributed by atoms with van der Waals surface area (Å²) < 4.78 is 18.2. The number of carbonyl (C=O) groups is 3. The summed E-state index contributed by atoms with van der Waals surface area (Å²) in [6.45, 7) is 5.21. The van der Waals surface area contributed by atoms with Crippen molar-refractivity contribution in [2.45, 2.75) is 62.9 Å². The van der Waals surface area contributed by atoms with Crippen molar-refractivity contribution >= 4 is 17.7 Å². The molecule has 0 radical (unpaired) electrons. The van der Waals surface area contributed by atoms with Gasteiger partial charge in [0.2, 0.25) is 11.8 Å². The molecule has 8 rings (SSSR count). The molecule has 3 aliphatic rings. The first-order chi connectivity index (χ1) is 29.0. The number of ether oxygens (including phenoxy) is 3. The number of hydrogen-bond acceptors (Lipinski definition) is 7. The lowest BCUT2D eigenvalue weighted by molar-refractivity contribution is -0.135. The van der Waals surface area contributed by atoms with E-state index < -0.39 is 0 Å². The number of benzene rings is 5. The number of imide groups is 1. The van der Waals surface area contributed by atoms with Gasteiger partial charge in [0.25, 0.3) is 5.91 Å². The minimum absolute atomic E-state index is 0.0243. The highest BCUT2D eigenvalue weighted by Crippen LogP contribution is 2.47. The smallest absolute Gasteiger partial charge is 0.260 e. The SMILES string of the molecule is O=C1CCC(c2ccc(OCC(=O)N3CCN(CCCCOc4ccc([C@@H]5c6ccc(OCc7ccccc7)cc6CC[C@@H]5c5ccccc5)cc4)CC3)cc2)C(=O)N1. The van der Waals surface area contributed by atoms with E-state index in [1.807, 2.05) is 35.2 Å². The molecule has 2 heterocycles. The quantitative estimate of drug-likeness (QED) is 0.0848. The molecular formula is C50H53N3O6. The Hall–Kier alpha value is -5.93.